The SMILES string of the molecule is OC(CCl)CNc1c(Cl)cc(Cl)c(Cl)c1Cl. The molecule has 0 amide bonds. The van der Waals surface area contributed by atoms with Crippen LogP contribution in [0.4, 0.5) is 5.69 Å². The Labute approximate surface area is 118 Å². The van der Waals surface area contributed by atoms with Crippen molar-refractivity contribution in [1.29, 1.82) is 0 Å². The third-order valence-corrected chi connectivity index (χ3v) is 3.72. The number of anilines is 1. The average Bonchev–Trinajstić information content (AvgIpc) is 2.25. The molecule has 0 saturated carbocycles. The first-order valence-electron chi connectivity index (χ1n) is 4.28. The van der Waals surface area contributed by atoms with Crippen LogP contribution in [0.1, 0.15) is 0 Å². The van der Waals surface area contributed by atoms with Crippen molar-refractivity contribution in [3.63, 3.8) is 0 Å². The third-order valence-electron chi connectivity index (χ3n) is 1.81. The molecule has 0 aliphatic rings. The summed E-state index contributed by atoms with van der Waals surface area (Å²) in [6.07, 6.45) is -0.691. The number of benzene rings is 1. The van der Waals surface area contributed by atoms with Crippen molar-refractivity contribution in [3.05, 3.63) is 26.2 Å². The Balaban J connectivity index is 2.92. The van der Waals surface area contributed by atoms with Crippen LogP contribution in [-0.4, -0.2) is 23.6 Å². The van der Waals surface area contributed by atoms with Crippen LogP contribution in [0.2, 0.25) is 20.1 Å². The highest BCUT2D eigenvalue weighted by Gasteiger charge is 2.14. The first-order chi connectivity index (χ1) is 7.47. The van der Waals surface area contributed by atoms with E-state index >= 15 is 0 Å². The topological polar surface area (TPSA) is 32.3 Å². The summed E-state index contributed by atoms with van der Waals surface area (Å²) < 4.78 is 0. The van der Waals surface area contributed by atoms with Crippen molar-refractivity contribution in [2.45, 2.75) is 6.10 Å². The summed E-state index contributed by atoms with van der Waals surface area (Å²) in [7, 11) is 0. The van der Waals surface area contributed by atoms with Crippen LogP contribution in [0.5, 0.6) is 0 Å². The zero-order valence-electron chi connectivity index (χ0n) is 7.91. The smallest absolute Gasteiger partial charge is 0.0854 e. The van der Waals surface area contributed by atoms with Gasteiger partial charge in [0.05, 0.1) is 37.8 Å². The van der Waals surface area contributed by atoms with Crippen molar-refractivity contribution in [1.82, 2.24) is 0 Å². The van der Waals surface area contributed by atoms with E-state index in [0.717, 1.165) is 0 Å². The van der Waals surface area contributed by atoms with E-state index in [0.29, 0.717) is 10.7 Å². The lowest BCUT2D eigenvalue weighted by Crippen LogP contribution is -2.21. The summed E-state index contributed by atoms with van der Waals surface area (Å²) in [5, 5.41) is 13.2. The van der Waals surface area contributed by atoms with Crippen molar-refractivity contribution < 1.29 is 5.11 Å². The zero-order valence-corrected chi connectivity index (χ0v) is 11.7. The molecule has 1 unspecified atom stereocenters. The van der Waals surface area contributed by atoms with Crippen LogP contribution in [0.3, 0.4) is 0 Å². The van der Waals surface area contributed by atoms with Crippen LogP contribution >= 0.6 is 58.0 Å². The number of rotatable bonds is 4. The first kappa shape index (κ1) is 14.5. The molecule has 16 heavy (non-hydrogen) atoms. The quantitative estimate of drug-likeness (QED) is 0.491. The van der Waals surface area contributed by atoms with Gasteiger partial charge in [-0.15, -0.1) is 11.6 Å². The summed E-state index contributed by atoms with van der Waals surface area (Å²) in [6, 6.07) is 1.48. The van der Waals surface area contributed by atoms with Crippen LogP contribution in [0.25, 0.3) is 0 Å². The van der Waals surface area contributed by atoms with Crippen molar-refractivity contribution >= 4 is 63.7 Å². The minimum Gasteiger partial charge on any atom is -0.390 e. The van der Waals surface area contributed by atoms with Gasteiger partial charge in [-0.1, -0.05) is 46.4 Å². The first-order valence-corrected chi connectivity index (χ1v) is 6.33. The minimum atomic E-state index is -0.691. The number of alkyl halides is 1. The lowest BCUT2D eigenvalue weighted by atomic mass is 10.3. The number of nitrogens with one attached hydrogen (secondary N) is 1. The van der Waals surface area contributed by atoms with Crippen LogP contribution < -0.4 is 5.32 Å². The van der Waals surface area contributed by atoms with Gasteiger partial charge in [0.15, 0.2) is 0 Å². The molecule has 2 N–H and O–H groups in total. The normalized spacial score (nSPS) is 12.6. The Morgan fingerprint density at radius 2 is 1.75 bits per heavy atom. The lowest BCUT2D eigenvalue weighted by molar-refractivity contribution is 0.211. The van der Waals surface area contributed by atoms with Crippen LogP contribution in [0, 0.1) is 0 Å². The van der Waals surface area contributed by atoms with E-state index in [2.05, 4.69) is 5.32 Å². The summed E-state index contributed by atoms with van der Waals surface area (Å²) in [4.78, 5) is 0. The number of aliphatic hydroxyl groups excluding tert-OH is 1. The van der Waals surface area contributed by atoms with E-state index in [9.17, 15) is 5.11 Å². The van der Waals surface area contributed by atoms with Gasteiger partial charge in [-0.05, 0) is 6.07 Å². The summed E-state index contributed by atoms with van der Waals surface area (Å²) in [5.74, 6) is 0.115. The Hall–Kier alpha value is 0.430. The molecule has 0 heterocycles. The second-order valence-electron chi connectivity index (χ2n) is 3.03. The molecule has 0 fully saturated rings. The Morgan fingerprint density at radius 3 is 2.31 bits per heavy atom. The average molecular weight is 323 g/mol. The molecule has 0 bridgehead atoms. The summed E-state index contributed by atoms with van der Waals surface area (Å²) in [5.41, 5.74) is 0.432. The van der Waals surface area contributed by atoms with Gasteiger partial charge in [0.25, 0.3) is 0 Å². The number of halogens is 5. The number of hydrogen-bond donors (Lipinski definition) is 2. The van der Waals surface area contributed by atoms with Crippen molar-refractivity contribution in [2.24, 2.45) is 0 Å². The fraction of sp³-hybridized carbons (Fsp3) is 0.333. The van der Waals surface area contributed by atoms with E-state index in [-0.39, 0.29) is 27.5 Å². The molecule has 0 aliphatic carbocycles. The van der Waals surface area contributed by atoms with Gasteiger partial charge < -0.3 is 10.4 Å². The van der Waals surface area contributed by atoms with Gasteiger partial charge in [-0.3, -0.25) is 0 Å². The van der Waals surface area contributed by atoms with E-state index in [1.807, 2.05) is 0 Å². The molecule has 0 spiro atoms. The minimum absolute atomic E-state index is 0.115. The van der Waals surface area contributed by atoms with Crippen molar-refractivity contribution in [2.75, 3.05) is 17.7 Å². The molecule has 1 aromatic rings. The Morgan fingerprint density at radius 1 is 1.12 bits per heavy atom. The Kier molecular flexibility index (Phi) is 5.78. The molecule has 7 heteroatoms. The van der Waals surface area contributed by atoms with Gasteiger partial charge in [-0.25, -0.2) is 0 Å². The molecule has 2 nitrogen and oxygen atoms in total. The molecule has 1 aromatic carbocycles. The molecule has 0 radical (unpaired) electrons. The van der Waals surface area contributed by atoms with E-state index < -0.39 is 6.10 Å². The van der Waals surface area contributed by atoms with E-state index in [1.54, 1.807) is 0 Å². The van der Waals surface area contributed by atoms with Gasteiger partial charge in [-0.2, -0.15) is 0 Å². The van der Waals surface area contributed by atoms with Gasteiger partial charge >= 0.3 is 0 Å². The fourth-order valence-electron chi connectivity index (χ4n) is 1.00. The molecule has 0 saturated heterocycles. The number of aliphatic hydroxyl groups is 1. The molecular formula is C9H8Cl5NO. The summed E-state index contributed by atoms with van der Waals surface area (Å²) in [6.45, 7) is 0.223. The fourth-order valence-corrected chi connectivity index (χ4v) is 2.16. The van der Waals surface area contributed by atoms with Gasteiger partial charge in [0, 0.05) is 6.54 Å². The number of hydrogen-bond acceptors (Lipinski definition) is 2. The highest BCUT2D eigenvalue weighted by Crippen LogP contribution is 2.40. The molecular weight excluding hydrogens is 315 g/mol. The lowest BCUT2D eigenvalue weighted by Gasteiger charge is -2.14. The maximum Gasteiger partial charge on any atom is 0.0854 e. The molecule has 1 rings (SSSR count). The highest BCUT2D eigenvalue weighted by atomic mass is 35.5. The van der Waals surface area contributed by atoms with Gasteiger partial charge in [0.1, 0.15) is 0 Å². The monoisotopic (exact) mass is 321 g/mol. The second-order valence-corrected chi connectivity index (χ2v) is 4.91. The summed E-state index contributed by atoms with van der Waals surface area (Å²) >= 11 is 29.0. The maximum atomic E-state index is 9.29. The maximum absolute atomic E-state index is 9.29. The zero-order chi connectivity index (χ0) is 12.3. The van der Waals surface area contributed by atoms with Crippen LogP contribution in [0.15, 0.2) is 6.07 Å². The predicted molar refractivity (Wildman–Crippen MR) is 71.7 cm³/mol. The van der Waals surface area contributed by atoms with Crippen molar-refractivity contribution in [3.8, 4) is 0 Å². The largest absolute Gasteiger partial charge is 0.390 e. The predicted octanol–water partition coefficient (Wildman–Crippen LogP) is 4.31. The van der Waals surface area contributed by atoms with E-state index in [1.165, 1.54) is 6.07 Å². The third kappa shape index (κ3) is 3.46. The molecule has 1 atom stereocenters. The molecule has 0 aliphatic heterocycles. The molecule has 0 aromatic heterocycles. The van der Waals surface area contributed by atoms with E-state index in [4.69, 9.17) is 58.0 Å². The standard InChI is InChI=1S/C9H8Cl5NO/c10-2-4(16)3-15-9-6(12)1-5(11)7(13)8(9)14/h1,4,15-16H,2-3H2. The highest BCUT2D eigenvalue weighted by molar-refractivity contribution is 6.51. The van der Waals surface area contributed by atoms with Crippen LogP contribution in [-0.2, 0) is 0 Å². The van der Waals surface area contributed by atoms with Gasteiger partial charge in [0.2, 0.25) is 0 Å². The Bertz CT molecular complexity index is 385. The second kappa shape index (κ2) is 6.39. The molecule has 90 valence electrons.